The molecule has 3 rings (SSSR count). The van der Waals surface area contributed by atoms with Crippen LogP contribution in [-0.4, -0.2) is 33.2 Å². The highest BCUT2D eigenvalue weighted by Crippen LogP contribution is 2.34. The molecule has 7 heteroatoms. The number of hydrogen-bond donors (Lipinski definition) is 1. The summed E-state index contributed by atoms with van der Waals surface area (Å²) in [5.74, 6) is -0.641. The predicted molar refractivity (Wildman–Crippen MR) is 94.0 cm³/mol. The topological polar surface area (TPSA) is 87.8 Å². The first-order valence-corrected chi connectivity index (χ1v) is 8.39. The number of nitrogens with zero attached hydrogens (tertiary/aromatic N) is 1. The minimum absolute atomic E-state index is 0.128. The van der Waals surface area contributed by atoms with Crippen LogP contribution < -0.4 is 0 Å². The van der Waals surface area contributed by atoms with Crippen molar-refractivity contribution < 1.29 is 23.9 Å². The molecule has 1 saturated heterocycles. The molecule has 0 saturated carbocycles. The Balaban J connectivity index is 1.92. The van der Waals surface area contributed by atoms with Gasteiger partial charge in [0.15, 0.2) is 0 Å². The summed E-state index contributed by atoms with van der Waals surface area (Å²) in [6.07, 6.45) is 1.50. The SMILES string of the molecule is CC(C)N1C(=O)S/C(=C/c2ccc(-c3ccccc3C(=O)O)o2)C1=O. The average molecular weight is 357 g/mol. The van der Waals surface area contributed by atoms with Crippen molar-refractivity contribution in [3.05, 3.63) is 52.6 Å². The first-order valence-electron chi connectivity index (χ1n) is 7.58. The number of hydrogen-bond acceptors (Lipinski definition) is 5. The van der Waals surface area contributed by atoms with Gasteiger partial charge in [-0.05, 0) is 43.8 Å². The maximum atomic E-state index is 12.3. The zero-order chi connectivity index (χ0) is 18.1. The lowest BCUT2D eigenvalue weighted by Crippen LogP contribution is -2.34. The van der Waals surface area contributed by atoms with Crippen LogP contribution >= 0.6 is 11.8 Å². The quantitative estimate of drug-likeness (QED) is 0.829. The molecule has 1 fully saturated rings. The van der Waals surface area contributed by atoms with E-state index >= 15 is 0 Å². The third kappa shape index (κ3) is 3.23. The van der Waals surface area contributed by atoms with Crippen LogP contribution in [0.3, 0.4) is 0 Å². The summed E-state index contributed by atoms with van der Waals surface area (Å²) < 4.78 is 5.67. The number of carbonyl (C=O) groups excluding carboxylic acids is 2. The number of furan rings is 1. The highest BCUT2D eigenvalue weighted by Gasteiger charge is 2.36. The molecule has 128 valence electrons. The van der Waals surface area contributed by atoms with Crippen molar-refractivity contribution >= 4 is 35.0 Å². The number of thioether (sulfide) groups is 1. The van der Waals surface area contributed by atoms with Gasteiger partial charge in [-0.1, -0.05) is 18.2 Å². The molecular weight excluding hydrogens is 342 g/mol. The van der Waals surface area contributed by atoms with Gasteiger partial charge >= 0.3 is 5.97 Å². The number of carboxylic acid groups (broad SMARTS) is 1. The third-order valence-electron chi connectivity index (χ3n) is 3.66. The van der Waals surface area contributed by atoms with Crippen molar-refractivity contribution in [2.24, 2.45) is 0 Å². The van der Waals surface area contributed by atoms with Gasteiger partial charge in [-0.25, -0.2) is 4.79 Å². The normalized spacial score (nSPS) is 16.3. The van der Waals surface area contributed by atoms with Gasteiger partial charge in [-0.15, -0.1) is 0 Å². The van der Waals surface area contributed by atoms with Gasteiger partial charge in [0.25, 0.3) is 11.1 Å². The zero-order valence-corrected chi connectivity index (χ0v) is 14.4. The van der Waals surface area contributed by atoms with Crippen LogP contribution in [0.5, 0.6) is 0 Å². The Morgan fingerprint density at radius 3 is 2.56 bits per heavy atom. The average Bonchev–Trinajstić information content (AvgIpc) is 3.12. The van der Waals surface area contributed by atoms with E-state index in [4.69, 9.17) is 4.42 Å². The molecule has 1 aromatic heterocycles. The van der Waals surface area contributed by atoms with Gasteiger partial charge in [0, 0.05) is 17.7 Å². The van der Waals surface area contributed by atoms with Crippen molar-refractivity contribution in [3.8, 4) is 11.3 Å². The highest BCUT2D eigenvalue weighted by molar-refractivity contribution is 8.18. The van der Waals surface area contributed by atoms with E-state index in [0.717, 1.165) is 11.8 Å². The largest absolute Gasteiger partial charge is 0.478 e. The smallest absolute Gasteiger partial charge is 0.336 e. The lowest BCUT2D eigenvalue weighted by Gasteiger charge is -2.16. The fraction of sp³-hybridized carbons (Fsp3) is 0.167. The molecule has 2 amide bonds. The molecule has 0 aliphatic carbocycles. The van der Waals surface area contributed by atoms with Crippen molar-refractivity contribution in [3.63, 3.8) is 0 Å². The molecule has 2 heterocycles. The van der Waals surface area contributed by atoms with Crippen LogP contribution in [0.2, 0.25) is 0 Å². The van der Waals surface area contributed by atoms with E-state index in [1.807, 2.05) is 0 Å². The molecule has 0 spiro atoms. The van der Waals surface area contributed by atoms with Gasteiger partial charge in [-0.2, -0.15) is 0 Å². The monoisotopic (exact) mass is 357 g/mol. The van der Waals surface area contributed by atoms with Crippen LogP contribution in [0.15, 0.2) is 45.7 Å². The maximum Gasteiger partial charge on any atom is 0.336 e. The summed E-state index contributed by atoms with van der Waals surface area (Å²) in [6.45, 7) is 3.54. The lowest BCUT2D eigenvalue weighted by molar-refractivity contribution is -0.123. The second kappa shape index (κ2) is 6.60. The van der Waals surface area contributed by atoms with Crippen molar-refractivity contribution in [2.45, 2.75) is 19.9 Å². The summed E-state index contributed by atoms with van der Waals surface area (Å²) in [5, 5.41) is 8.95. The van der Waals surface area contributed by atoms with E-state index in [0.29, 0.717) is 17.1 Å². The number of amides is 2. The standard InChI is InChI=1S/C18H15NO5S/c1-10(2)19-16(20)15(25-18(19)23)9-11-7-8-14(24-11)12-5-3-4-6-13(12)17(21)22/h3-10H,1-2H3,(H,21,22)/b15-9+. The summed E-state index contributed by atoms with van der Waals surface area (Å²) in [4.78, 5) is 37.0. The third-order valence-corrected chi connectivity index (χ3v) is 4.55. The van der Waals surface area contributed by atoms with Crippen molar-refractivity contribution in [1.82, 2.24) is 4.90 Å². The molecule has 1 N–H and O–H groups in total. The zero-order valence-electron chi connectivity index (χ0n) is 13.6. The fourth-order valence-electron chi connectivity index (χ4n) is 2.51. The van der Waals surface area contributed by atoms with Gasteiger partial charge in [0.2, 0.25) is 0 Å². The summed E-state index contributed by atoms with van der Waals surface area (Å²) >= 11 is 0.863. The van der Waals surface area contributed by atoms with Gasteiger partial charge in [-0.3, -0.25) is 14.5 Å². The van der Waals surface area contributed by atoms with E-state index in [1.54, 1.807) is 44.2 Å². The second-order valence-electron chi connectivity index (χ2n) is 5.70. The molecule has 1 aromatic carbocycles. The molecule has 6 nitrogen and oxygen atoms in total. The first kappa shape index (κ1) is 17.0. The Hall–Kier alpha value is -2.80. The number of carbonyl (C=O) groups is 3. The minimum Gasteiger partial charge on any atom is -0.478 e. The summed E-state index contributed by atoms with van der Waals surface area (Å²) in [5.41, 5.74) is 0.577. The molecule has 0 unspecified atom stereocenters. The molecule has 1 aliphatic heterocycles. The number of aromatic carboxylic acids is 1. The minimum atomic E-state index is -1.05. The Kier molecular flexibility index (Phi) is 4.50. The van der Waals surface area contributed by atoms with E-state index < -0.39 is 5.97 Å². The van der Waals surface area contributed by atoms with Gasteiger partial charge in [0.1, 0.15) is 11.5 Å². The van der Waals surface area contributed by atoms with Crippen molar-refractivity contribution in [1.29, 1.82) is 0 Å². The number of carboxylic acids is 1. The highest BCUT2D eigenvalue weighted by atomic mass is 32.2. The Bertz CT molecular complexity index is 896. The molecule has 1 aliphatic rings. The molecule has 2 aromatic rings. The predicted octanol–water partition coefficient (Wildman–Crippen LogP) is 4.09. The molecule has 0 radical (unpaired) electrons. The van der Waals surface area contributed by atoms with E-state index in [9.17, 15) is 19.5 Å². The van der Waals surface area contributed by atoms with Crippen LogP contribution in [0, 0.1) is 0 Å². The van der Waals surface area contributed by atoms with Crippen LogP contribution in [0.1, 0.15) is 30.0 Å². The van der Waals surface area contributed by atoms with Crippen molar-refractivity contribution in [2.75, 3.05) is 0 Å². The molecule has 0 atom stereocenters. The van der Waals surface area contributed by atoms with Crippen LogP contribution in [0.25, 0.3) is 17.4 Å². The molecule has 0 bridgehead atoms. The lowest BCUT2D eigenvalue weighted by atomic mass is 10.1. The van der Waals surface area contributed by atoms with Gasteiger partial charge < -0.3 is 9.52 Å². The Morgan fingerprint density at radius 1 is 1.20 bits per heavy atom. The summed E-state index contributed by atoms with van der Waals surface area (Å²) in [6, 6.07) is 9.56. The van der Waals surface area contributed by atoms with Crippen LogP contribution in [0.4, 0.5) is 4.79 Å². The second-order valence-corrected chi connectivity index (χ2v) is 6.69. The van der Waals surface area contributed by atoms with E-state index in [1.165, 1.54) is 17.0 Å². The number of imide groups is 1. The van der Waals surface area contributed by atoms with Gasteiger partial charge in [0.05, 0.1) is 10.5 Å². The number of benzene rings is 1. The molecule has 25 heavy (non-hydrogen) atoms. The van der Waals surface area contributed by atoms with E-state index in [-0.39, 0.29) is 27.7 Å². The van der Waals surface area contributed by atoms with Crippen LogP contribution in [-0.2, 0) is 4.79 Å². The van der Waals surface area contributed by atoms with E-state index in [2.05, 4.69) is 0 Å². The maximum absolute atomic E-state index is 12.3. The number of rotatable bonds is 4. The summed E-state index contributed by atoms with van der Waals surface area (Å²) in [7, 11) is 0. The fourth-order valence-corrected chi connectivity index (χ4v) is 3.45. The Morgan fingerprint density at radius 2 is 1.92 bits per heavy atom. The first-order chi connectivity index (χ1) is 11.9. The Labute approximate surface area is 148 Å². The molecular formula is C18H15NO5S.